The minimum Gasteiger partial charge on any atom is -0.508 e. The van der Waals surface area contributed by atoms with Crippen LogP contribution in [0.1, 0.15) is 44.5 Å². The molecule has 4 aromatic rings. The summed E-state index contributed by atoms with van der Waals surface area (Å²) < 4.78 is 12.7. The highest BCUT2D eigenvalue weighted by Crippen LogP contribution is 2.39. The Morgan fingerprint density at radius 2 is 1.41 bits per heavy atom. The fourth-order valence-corrected chi connectivity index (χ4v) is 5.32. The van der Waals surface area contributed by atoms with Gasteiger partial charge < -0.3 is 41.4 Å². The smallest absolute Gasteiger partial charge is 0.320 e. The lowest BCUT2D eigenvalue weighted by molar-refractivity contribution is -0.138. The van der Waals surface area contributed by atoms with Crippen molar-refractivity contribution in [3.05, 3.63) is 105 Å². The number of aliphatic carboxylic acids is 1. The normalized spacial score (nSPS) is 12.5. The Kier molecular flexibility index (Phi) is 10.2. The van der Waals surface area contributed by atoms with Gasteiger partial charge in [0.15, 0.2) is 0 Å². The minimum absolute atomic E-state index is 0.131. The zero-order chi connectivity index (χ0) is 32.1. The Balaban J connectivity index is 1.86. The molecule has 9 nitrogen and oxygen atoms in total. The molecule has 0 aliphatic rings. The van der Waals surface area contributed by atoms with Crippen molar-refractivity contribution < 1.29 is 34.7 Å². The first kappa shape index (κ1) is 32.3. The number of aromatic hydroxyl groups is 2. The molecule has 9 heteroatoms. The van der Waals surface area contributed by atoms with Gasteiger partial charge in [-0.25, -0.2) is 0 Å². The van der Waals surface area contributed by atoms with Crippen molar-refractivity contribution in [1.82, 2.24) is 0 Å². The van der Waals surface area contributed by atoms with Gasteiger partial charge in [-0.1, -0.05) is 18.2 Å². The van der Waals surface area contributed by atoms with Gasteiger partial charge in [0.25, 0.3) is 0 Å². The van der Waals surface area contributed by atoms with Crippen molar-refractivity contribution in [2.45, 2.75) is 59.0 Å². The number of hydrogen-bond donors (Lipinski definition) is 6. The van der Waals surface area contributed by atoms with Crippen LogP contribution in [0, 0.1) is 27.7 Å². The Morgan fingerprint density at radius 1 is 0.773 bits per heavy atom. The fraction of sp³-hybridized carbons (Fsp3) is 0.286. The van der Waals surface area contributed by atoms with Crippen LogP contribution in [-0.2, 0) is 24.1 Å². The molecule has 2 unspecified atom stereocenters. The maximum Gasteiger partial charge on any atom is 0.320 e. The van der Waals surface area contributed by atoms with E-state index in [1.807, 2.05) is 39.0 Å². The molecule has 0 radical (unpaired) electrons. The van der Waals surface area contributed by atoms with Crippen molar-refractivity contribution in [3.63, 3.8) is 0 Å². The highest BCUT2D eigenvalue weighted by atomic mass is 16.5. The number of hydrogen-bond acceptors (Lipinski definition) is 8. The second kappa shape index (κ2) is 13.8. The Bertz CT molecular complexity index is 1650. The average Bonchev–Trinajstić information content (AvgIpc) is 2.97. The molecule has 4 rings (SSSR count). The van der Waals surface area contributed by atoms with Gasteiger partial charge >= 0.3 is 5.97 Å². The van der Waals surface area contributed by atoms with E-state index in [0.717, 1.165) is 38.9 Å². The minimum atomic E-state index is -1.09. The summed E-state index contributed by atoms with van der Waals surface area (Å²) in [4.78, 5) is 11.6. The molecular weight excluding hydrogens is 560 g/mol. The molecule has 0 amide bonds. The molecule has 8 N–H and O–H groups in total. The van der Waals surface area contributed by atoms with E-state index < -0.39 is 18.1 Å². The summed E-state index contributed by atoms with van der Waals surface area (Å²) in [6, 6.07) is 15.7. The van der Waals surface area contributed by atoms with Crippen LogP contribution in [0.5, 0.6) is 34.5 Å². The van der Waals surface area contributed by atoms with Crippen LogP contribution < -0.4 is 20.9 Å². The van der Waals surface area contributed by atoms with Gasteiger partial charge in [-0.3, -0.25) is 4.79 Å². The molecule has 44 heavy (non-hydrogen) atoms. The molecule has 232 valence electrons. The molecule has 2 atom stereocenters. The van der Waals surface area contributed by atoms with Crippen molar-refractivity contribution in [2.75, 3.05) is 6.61 Å². The van der Waals surface area contributed by atoms with E-state index >= 15 is 0 Å². The summed E-state index contributed by atoms with van der Waals surface area (Å²) in [5, 5.41) is 39.0. The molecular formula is C35H40N2O7. The lowest BCUT2D eigenvalue weighted by atomic mass is 9.88. The molecule has 0 aromatic heterocycles. The van der Waals surface area contributed by atoms with E-state index in [4.69, 9.17) is 20.9 Å². The van der Waals surface area contributed by atoms with E-state index in [-0.39, 0.29) is 24.5 Å². The lowest BCUT2D eigenvalue weighted by Crippen LogP contribution is -2.32. The van der Waals surface area contributed by atoms with E-state index in [9.17, 15) is 25.2 Å². The molecule has 4 aromatic carbocycles. The summed E-state index contributed by atoms with van der Waals surface area (Å²) in [6.07, 6.45) is 0.934. The van der Waals surface area contributed by atoms with Crippen LogP contribution >= 0.6 is 0 Å². The number of carbonyl (C=O) groups is 1. The second-order valence-corrected chi connectivity index (χ2v) is 11.3. The number of benzene rings is 4. The van der Waals surface area contributed by atoms with Crippen molar-refractivity contribution in [1.29, 1.82) is 0 Å². The number of rotatable bonds is 12. The average molecular weight is 601 g/mol. The topological polar surface area (TPSA) is 168 Å². The van der Waals surface area contributed by atoms with Crippen LogP contribution in [0.25, 0.3) is 0 Å². The van der Waals surface area contributed by atoms with Crippen LogP contribution in [-0.4, -0.2) is 45.1 Å². The monoisotopic (exact) mass is 600 g/mol. The van der Waals surface area contributed by atoms with Gasteiger partial charge in [0.1, 0.15) is 40.5 Å². The van der Waals surface area contributed by atoms with E-state index in [1.54, 1.807) is 49.4 Å². The third-order valence-electron chi connectivity index (χ3n) is 7.64. The molecule has 0 fully saturated rings. The number of carboxylic acids is 1. The molecule has 0 spiro atoms. The van der Waals surface area contributed by atoms with Crippen molar-refractivity contribution in [3.8, 4) is 34.5 Å². The first-order chi connectivity index (χ1) is 20.9. The van der Waals surface area contributed by atoms with Gasteiger partial charge in [-0.2, -0.15) is 0 Å². The number of phenolic OH excluding ortho intramolecular Hbond substituents is 2. The van der Waals surface area contributed by atoms with Gasteiger partial charge in [-0.15, -0.1) is 0 Å². The summed E-state index contributed by atoms with van der Waals surface area (Å²) in [6.45, 7) is 7.41. The number of carboxylic acid groups (broad SMARTS) is 1. The largest absolute Gasteiger partial charge is 0.508 e. The first-order valence-electron chi connectivity index (χ1n) is 14.4. The summed E-state index contributed by atoms with van der Waals surface area (Å²) in [5.74, 6) is 1.56. The summed E-state index contributed by atoms with van der Waals surface area (Å²) >= 11 is 0. The van der Waals surface area contributed by atoms with Gasteiger partial charge in [0.2, 0.25) is 0 Å². The molecule has 0 saturated heterocycles. The van der Waals surface area contributed by atoms with Gasteiger partial charge in [-0.05, 0) is 128 Å². The number of aliphatic hydroxyl groups excluding tert-OH is 1. The first-order valence-corrected chi connectivity index (χ1v) is 14.4. The standard InChI is InChI=1S/C35H40N2O7/c1-19-13-29(9-10-32(19)40)44-34-20(2)11-23(15-31(37)35(41)42)14-25(34)17-30-22(4)33(43-28-7-5-27(39)6-8-28)21(3)12-24(30)16-26(36)18-38/h5-14,26,31,38-40H,15-18,36-37H2,1-4H3,(H,41,42). The summed E-state index contributed by atoms with van der Waals surface area (Å²) in [7, 11) is 0. The second-order valence-electron chi connectivity index (χ2n) is 11.3. The van der Waals surface area contributed by atoms with E-state index in [1.165, 1.54) is 0 Å². The molecule has 0 aliphatic heterocycles. The highest BCUT2D eigenvalue weighted by Gasteiger charge is 2.22. The molecule has 0 saturated carbocycles. The number of aliphatic hydroxyl groups is 1. The third kappa shape index (κ3) is 7.68. The Morgan fingerprint density at radius 3 is 2.05 bits per heavy atom. The lowest BCUT2D eigenvalue weighted by Gasteiger charge is -2.23. The van der Waals surface area contributed by atoms with Crippen LogP contribution in [0.3, 0.4) is 0 Å². The predicted octanol–water partition coefficient (Wildman–Crippen LogP) is 5.32. The number of aryl methyl sites for hydroxylation is 3. The fourth-order valence-electron chi connectivity index (χ4n) is 5.32. The van der Waals surface area contributed by atoms with Crippen LogP contribution in [0.4, 0.5) is 0 Å². The molecule has 0 aliphatic carbocycles. The van der Waals surface area contributed by atoms with Crippen molar-refractivity contribution >= 4 is 5.97 Å². The highest BCUT2D eigenvalue weighted by molar-refractivity contribution is 5.73. The summed E-state index contributed by atoms with van der Waals surface area (Å²) in [5.41, 5.74) is 18.7. The third-order valence-corrected chi connectivity index (χ3v) is 7.64. The zero-order valence-corrected chi connectivity index (χ0v) is 25.4. The maximum absolute atomic E-state index is 11.6. The number of phenols is 2. The zero-order valence-electron chi connectivity index (χ0n) is 25.4. The van der Waals surface area contributed by atoms with Crippen molar-refractivity contribution in [2.24, 2.45) is 11.5 Å². The molecule has 0 heterocycles. The Hall–Kier alpha value is -4.57. The number of nitrogens with two attached hydrogens (primary N) is 2. The predicted molar refractivity (Wildman–Crippen MR) is 169 cm³/mol. The molecule has 0 bridgehead atoms. The quantitative estimate of drug-likeness (QED) is 0.126. The van der Waals surface area contributed by atoms with E-state index in [0.29, 0.717) is 41.4 Å². The number of ether oxygens (including phenoxy) is 2. The van der Waals surface area contributed by atoms with Crippen LogP contribution in [0.15, 0.2) is 60.7 Å². The van der Waals surface area contributed by atoms with E-state index in [2.05, 4.69) is 0 Å². The van der Waals surface area contributed by atoms with Crippen LogP contribution in [0.2, 0.25) is 0 Å². The van der Waals surface area contributed by atoms with Gasteiger partial charge in [0.05, 0.1) is 6.61 Å². The van der Waals surface area contributed by atoms with Gasteiger partial charge in [0, 0.05) is 12.5 Å². The maximum atomic E-state index is 11.6. The SMILES string of the molecule is Cc1cc(Oc2c(C)cc(CC(N)C(=O)O)cc2Cc2c(CC(N)CO)cc(C)c(Oc3ccc(O)cc3)c2C)ccc1O. The Labute approximate surface area is 257 Å².